The number of sulfonamides is 1. The molecule has 26 heavy (non-hydrogen) atoms. The maximum absolute atomic E-state index is 12.7. The van der Waals surface area contributed by atoms with Crippen molar-refractivity contribution in [1.82, 2.24) is 5.32 Å². The first-order valence-corrected chi connectivity index (χ1v) is 10.7. The minimum absolute atomic E-state index is 0.0345. The van der Waals surface area contributed by atoms with E-state index in [1.807, 2.05) is 13.8 Å². The number of nitrogens with two attached hydrogens (primary N) is 1. The van der Waals surface area contributed by atoms with Gasteiger partial charge >= 0.3 is 0 Å². The number of hydrogen-bond donors (Lipinski definition) is 3. The van der Waals surface area contributed by atoms with Crippen LogP contribution >= 0.6 is 0 Å². The Balaban J connectivity index is 1.96. The fourth-order valence-corrected chi connectivity index (χ4v) is 4.47. The highest BCUT2D eigenvalue weighted by molar-refractivity contribution is 7.89. The third-order valence-corrected chi connectivity index (χ3v) is 6.32. The fourth-order valence-electron chi connectivity index (χ4n) is 3.95. The summed E-state index contributed by atoms with van der Waals surface area (Å²) >= 11 is 0. The summed E-state index contributed by atoms with van der Waals surface area (Å²) in [5, 5.41) is 19.0. The van der Waals surface area contributed by atoms with Gasteiger partial charge in [0.05, 0.1) is 4.90 Å². The summed E-state index contributed by atoms with van der Waals surface area (Å²) < 4.78 is 22.5. The van der Waals surface area contributed by atoms with Gasteiger partial charge in [0.15, 0.2) is 0 Å². The molecule has 3 atom stereocenters. The van der Waals surface area contributed by atoms with Crippen LogP contribution in [-0.2, 0) is 21.2 Å². The number of primary sulfonamides is 1. The van der Waals surface area contributed by atoms with E-state index >= 15 is 0 Å². The van der Waals surface area contributed by atoms with Crippen molar-refractivity contribution in [3.05, 3.63) is 29.8 Å². The largest absolute Gasteiger partial charge is 0.380 e. The molecule has 1 amide bonds. The predicted octanol–water partition coefficient (Wildman–Crippen LogP) is 1.82. The van der Waals surface area contributed by atoms with E-state index in [1.165, 1.54) is 12.1 Å². The van der Waals surface area contributed by atoms with Gasteiger partial charge in [-0.25, -0.2) is 13.6 Å². The molecule has 0 aliphatic heterocycles. The van der Waals surface area contributed by atoms with Crippen molar-refractivity contribution in [3.63, 3.8) is 0 Å². The van der Waals surface area contributed by atoms with Crippen LogP contribution in [0.25, 0.3) is 0 Å². The summed E-state index contributed by atoms with van der Waals surface area (Å²) in [6.07, 6.45) is 2.94. The molecule has 1 saturated carbocycles. The first-order valence-electron chi connectivity index (χ1n) is 9.16. The molecule has 7 heteroatoms. The second kappa shape index (κ2) is 8.06. The van der Waals surface area contributed by atoms with Crippen LogP contribution in [0.15, 0.2) is 29.2 Å². The predicted molar refractivity (Wildman–Crippen MR) is 101 cm³/mol. The van der Waals surface area contributed by atoms with E-state index < -0.39 is 15.6 Å². The number of carbonyl (C=O) groups is 1. The lowest BCUT2D eigenvalue weighted by molar-refractivity contribution is -0.155. The minimum atomic E-state index is -3.70. The maximum atomic E-state index is 12.7. The summed E-state index contributed by atoms with van der Waals surface area (Å²) in [4.78, 5) is 12.8. The normalized spacial score (nSPS) is 26.7. The summed E-state index contributed by atoms with van der Waals surface area (Å²) in [5.41, 5.74) is -0.425. The summed E-state index contributed by atoms with van der Waals surface area (Å²) in [6, 6.07) is 6.27. The molecule has 1 aromatic rings. The van der Waals surface area contributed by atoms with Crippen molar-refractivity contribution in [1.29, 1.82) is 0 Å². The van der Waals surface area contributed by atoms with Crippen LogP contribution < -0.4 is 10.5 Å². The quantitative estimate of drug-likeness (QED) is 0.697. The Bertz CT molecular complexity index is 730. The highest BCUT2D eigenvalue weighted by Crippen LogP contribution is 2.41. The molecule has 0 spiro atoms. The van der Waals surface area contributed by atoms with Gasteiger partial charge in [0.2, 0.25) is 10.0 Å². The molecule has 0 radical (unpaired) electrons. The Labute approximate surface area is 156 Å². The lowest BCUT2D eigenvalue weighted by atomic mass is 9.66. The monoisotopic (exact) mass is 382 g/mol. The van der Waals surface area contributed by atoms with E-state index in [-0.39, 0.29) is 22.6 Å². The molecular weight excluding hydrogens is 352 g/mol. The second-order valence-electron chi connectivity index (χ2n) is 7.86. The number of carbonyl (C=O) groups excluding carboxylic acids is 1. The molecular formula is C19H30N2O4S. The lowest BCUT2D eigenvalue weighted by Gasteiger charge is -2.43. The number of benzene rings is 1. The third-order valence-electron chi connectivity index (χ3n) is 5.39. The fraction of sp³-hybridized carbons (Fsp3) is 0.632. The van der Waals surface area contributed by atoms with Gasteiger partial charge < -0.3 is 10.4 Å². The molecule has 0 heterocycles. The van der Waals surface area contributed by atoms with E-state index in [2.05, 4.69) is 12.2 Å². The SMILES string of the molecule is CC(C)[C@@H]1CC[C@@H](C)C[C@@]1(O)C(=O)NCCc1ccc(S(N)(=O)=O)cc1. The van der Waals surface area contributed by atoms with E-state index in [0.717, 1.165) is 18.4 Å². The van der Waals surface area contributed by atoms with E-state index in [9.17, 15) is 18.3 Å². The molecule has 146 valence electrons. The number of rotatable bonds is 6. The molecule has 1 fully saturated rings. The number of amides is 1. The second-order valence-corrected chi connectivity index (χ2v) is 9.42. The average Bonchev–Trinajstić information content (AvgIpc) is 2.54. The van der Waals surface area contributed by atoms with Crippen LogP contribution in [0.3, 0.4) is 0 Å². The number of hydrogen-bond acceptors (Lipinski definition) is 4. The summed E-state index contributed by atoms with van der Waals surface area (Å²) in [7, 11) is -3.70. The third kappa shape index (κ3) is 4.84. The van der Waals surface area contributed by atoms with E-state index in [0.29, 0.717) is 25.3 Å². The Kier molecular flexibility index (Phi) is 6.47. The lowest BCUT2D eigenvalue weighted by Crippen LogP contribution is -2.56. The van der Waals surface area contributed by atoms with Crippen LogP contribution in [0.1, 0.15) is 45.6 Å². The Morgan fingerprint density at radius 3 is 2.46 bits per heavy atom. The molecule has 1 aromatic carbocycles. The smallest absolute Gasteiger partial charge is 0.252 e. The maximum Gasteiger partial charge on any atom is 0.252 e. The minimum Gasteiger partial charge on any atom is -0.380 e. The molecule has 1 aliphatic carbocycles. The first-order chi connectivity index (χ1) is 12.0. The van der Waals surface area contributed by atoms with Crippen molar-refractivity contribution < 1.29 is 18.3 Å². The molecule has 1 aliphatic rings. The van der Waals surface area contributed by atoms with Gasteiger partial charge in [0.25, 0.3) is 5.91 Å². The summed E-state index contributed by atoms with van der Waals surface area (Å²) in [5.74, 6) is 0.229. The van der Waals surface area contributed by atoms with Gasteiger partial charge in [0.1, 0.15) is 5.60 Å². The highest BCUT2D eigenvalue weighted by Gasteiger charge is 2.48. The van der Waals surface area contributed by atoms with Crippen molar-refractivity contribution in [2.75, 3.05) is 6.54 Å². The molecule has 0 saturated heterocycles. The zero-order valence-corrected chi connectivity index (χ0v) is 16.6. The van der Waals surface area contributed by atoms with Crippen LogP contribution in [0.4, 0.5) is 0 Å². The Hall–Kier alpha value is -1.44. The van der Waals surface area contributed by atoms with Gasteiger partial charge in [-0.15, -0.1) is 0 Å². The van der Waals surface area contributed by atoms with Gasteiger partial charge in [-0.05, 0) is 54.7 Å². The highest BCUT2D eigenvalue weighted by atomic mass is 32.2. The summed E-state index contributed by atoms with van der Waals surface area (Å²) in [6.45, 7) is 6.55. The topological polar surface area (TPSA) is 109 Å². The number of aliphatic hydroxyl groups is 1. The van der Waals surface area contributed by atoms with Crippen LogP contribution in [0.5, 0.6) is 0 Å². The van der Waals surface area contributed by atoms with Crippen molar-refractivity contribution in [3.8, 4) is 0 Å². The zero-order valence-electron chi connectivity index (χ0n) is 15.7. The van der Waals surface area contributed by atoms with Gasteiger partial charge in [-0.3, -0.25) is 4.79 Å². The molecule has 2 rings (SSSR count). The van der Waals surface area contributed by atoms with E-state index in [4.69, 9.17) is 5.14 Å². The van der Waals surface area contributed by atoms with Gasteiger partial charge in [0, 0.05) is 6.54 Å². The van der Waals surface area contributed by atoms with E-state index in [1.54, 1.807) is 12.1 Å². The van der Waals surface area contributed by atoms with Crippen LogP contribution in [-0.4, -0.2) is 31.6 Å². The molecule has 0 unspecified atom stereocenters. The number of nitrogens with one attached hydrogen (secondary N) is 1. The first kappa shape index (κ1) is 20.9. The van der Waals surface area contributed by atoms with Gasteiger partial charge in [-0.1, -0.05) is 39.3 Å². The van der Waals surface area contributed by atoms with Crippen molar-refractivity contribution >= 4 is 15.9 Å². The zero-order chi connectivity index (χ0) is 19.5. The molecule has 6 nitrogen and oxygen atoms in total. The standard InChI is InChI=1S/C19H30N2O4S/c1-13(2)17-9-4-14(3)12-19(17,23)18(22)21-11-10-15-5-7-16(8-6-15)26(20,24)25/h5-8,13-14,17,23H,4,9-12H2,1-3H3,(H,21,22)(H2,20,24,25)/t14-,17+,19+/m1/s1. The average molecular weight is 383 g/mol. The van der Waals surface area contributed by atoms with Gasteiger partial charge in [-0.2, -0.15) is 0 Å². The van der Waals surface area contributed by atoms with Crippen LogP contribution in [0, 0.1) is 17.8 Å². The molecule has 0 bridgehead atoms. The Morgan fingerprint density at radius 2 is 1.92 bits per heavy atom. The van der Waals surface area contributed by atoms with Crippen molar-refractivity contribution in [2.45, 2.75) is 57.0 Å². The molecule has 4 N–H and O–H groups in total. The van der Waals surface area contributed by atoms with Crippen molar-refractivity contribution in [2.24, 2.45) is 22.9 Å². The molecule has 0 aromatic heterocycles. The Morgan fingerprint density at radius 1 is 1.31 bits per heavy atom. The van der Waals surface area contributed by atoms with Crippen LogP contribution in [0.2, 0.25) is 0 Å².